The first-order valence-electron chi connectivity index (χ1n) is 14.3. The van der Waals surface area contributed by atoms with E-state index >= 15 is 0 Å². The second-order valence-corrected chi connectivity index (χ2v) is 11.3. The van der Waals surface area contributed by atoms with Crippen molar-refractivity contribution in [3.63, 3.8) is 0 Å². The molecule has 0 spiro atoms. The molecule has 4 aromatic carbocycles. The molecule has 9 rings (SSSR count). The molecule has 5 aliphatic heterocycles. The number of aliphatic imine (C=N–C) groups is 4. The minimum absolute atomic E-state index is 0.223. The van der Waals surface area contributed by atoms with Crippen LogP contribution in [0.4, 0.5) is 0 Å². The van der Waals surface area contributed by atoms with Crippen molar-refractivity contribution in [3.8, 4) is 0 Å². The second-order valence-electron chi connectivity index (χ2n) is 11.3. The smallest absolute Gasteiger partial charge is 0.151 e. The molecule has 2 N–H and O–H groups in total. The molecule has 0 fully saturated rings. The predicted molar refractivity (Wildman–Crippen MR) is 165 cm³/mol. The molecule has 42 heavy (non-hydrogen) atoms. The summed E-state index contributed by atoms with van der Waals surface area (Å²) in [4.78, 5) is 25.7. The normalized spacial score (nSPS) is 29.3. The van der Waals surface area contributed by atoms with E-state index < -0.39 is 0 Å². The van der Waals surface area contributed by atoms with Gasteiger partial charge in [-0.1, -0.05) is 97.1 Å². The maximum atomic E-state index is 5.34. The average molecular weight is 549 g/mol. The molecule has 4 unspecified atom stereocenters. The Morgan fingerprint density at radius 3 is 1.24 bits per heavy atom. The van der Waals surface area contributed by atoms with Gasteiger partial charge in [0, 0.05) is 58.6 Å². The lowest BCUT2D eigenvalue weighted by Gasteiger charge is -2.23. The van der Waals surface area contributed by atoms with E-state index in [1.807, 2.05) is 0 Å². The van der Waals surface area contributed by atoms with Crippen LogP contribution in [-0.4, -0.2) is 47.2 Å². The predicted octanol–water partition coefficient (Wildman–Crippen LogP) is 4.88. The summed E-state index contributed by atoms with van der Waals surface area (Å²) in [6.45, 7) is 0. The van der Waals surface area contributed by atoms with Gasteiger partial charge in [0.05, 0.1) is 0 Å². The molecule has 8 heteroatoms. The van der Waals surface area contributed by atoms with E-state index in [-0.39, 0.29) is 24.7 Å². The molecule has 8 bridgehead atoms. The Bertz CT molecular complexity index is 1780. The number of hydrogen-bond donors (Lipinski definition) is 2. The number of nitrogens with zero attached hydrogens (tertiary/aromatic N) is 6. The number of nitrogens with one attached hydrogen (secondary N) is 2. The van der Waals surface area contributed by atoms with E-state index in [9.17, 15) is 0 Å². The lowest BCUT2D eigenvalue weighted by molar-refractivity contribution is 0.400. The summed E-state index contributed by atoms with van der Waals surface area (Å²) in [7, 11) is 4.16. The van der Waals surface area contributed by atoms with Crippen molar-refractivity contribution < 1.29 is 0 Å². The topological polar surface area (TPSA) is 80.0 Å². The van der Waals surface area contributed by atoms with Gasteiger partial charge in [0.1, 0.15) is 35.7 Å². The van der Waals surface area contributed by atoms with Gasteiger partial charge in [0.2, 0.25) is 0 Å². The minimum atomic E-state index is -0.269. The van der Waals surface area contributed by atoms with Crippen LogP contribution in [0.5, 0.6) is 0 Å². The summed E-state index contributed by atoms with van der Waals surface area (Å²) in [5, 5.41) is 7.34. The first kappa shape index (κ1) is 23.5. The van der Waals surface area contributed by atoms with Crippen LogP contribution in [0.3, 0.4) is 0 Å². The fourth-order valence-corrected chi connectivity index (χ4v) is 6.89. The molecule has 0 aliphatic carbocycles. The van der Waals surface area contributed by atoms with Crippen molar-refractivity contribution in [1.82, 2.24) is 20.4 Å². The molecule has 4 atom stereocenters. The molecule has 0 aromatic heterocycles. The zero-order valence-electron chi connectivity index (χ0n) is 23.2. The van der Waals surface area contributed by atoms with Crippen molar-refractivity contribution in [2.45, 2.75) is 24.7 Å². The van der Waals surface area contributed by atoms with E-state index in [1.54, 1.807) is 0 Å². The van der Waals surface area contributed by atoms with Gasteiger partial charge < -0.3 is 20.4 Å². The Morgan fingerprint density at radius 1 is 0.452 bits per heavy atom. The minimum Gasteiger partial charge on any atom is -0.344 e. The molecule has 5 aliphatic rings. The molecule has 5 heterocycles. The maximum absolute atomic E-state index is 5.34. The monoisotopic (exact) mass is 548 g/mol. The fraction of sp³-hybridized carbons (Fsp3) is 0.176. The third-order valence-corrected chi connectivity index (χ3v) is 8.94. The Morgan fingerprint density at radius 2 is 0.810 bits per heavy atom. The van der Waals surface area contributed by atoms with Crippen LogP contribution in [-0.2, 0) is 0 Å². The molecule has 0 saturated carbocycles. The average Bonchev–Trinajstić information content (AvgIpc) is 3.71. The third kappa shape index (κ3) is 3.23. The van der Waals surface area contributed by atoms with E-state index in [2.05, 4.69) is 132 Å². The maximum Gasteiger partial charge on any atom is 0.151 e. The van der Waals surface area contributed by atoms with Crippen molar-refractivity contribution in [2.24, 2.45) is 20.0 Å². The first-order chi connectivity index (χ1) is 20.7. The Kier molecular flexibility index (Phi) is 4.82. The zero-order chi connectivity index (χ0) is 27.9. The first-order valence-corrected chi connectivity index (χ1v) is 14.3. The number of rotatable bonds is 0. The summed E-state index contributed by atoms with van der Waals surface area (Å²) in [5.41, 5.74) is 8.85. The van der Waals surface area contributed by atoms with Gasteiger partial charge in [-0.25, -0.2) is 20.0 Å². The molecule has 8 nitrogen and oxygen atoms in total. The number of amidine groups is 4. The molecule has 0 amide bonds. The Labute approximate surface area is 243 Å². The van der Waals surface area contributed by atoms with E-state index in [0.29, 0.717) is 0 Å². The quantitative estimate of drug-likeness (QED) is 0.328. The zero-order valence-corrected chi connectivity index (χ0v) is 23.2. The van der Waals surface area contributed by atoms with Gasteiger partial charge in [-0.3, -0.25) is 0 Å². The highest BCUT2D eigenvalue weighted by Gasteiger charge is 2.39. The van der Waals surface area contributed by atoms with Crippen LogP contribution in [0, 0.1) is 0 Å². The molecule has 0 radical (unpaired) electrons. The van der Waals surface area contributed by atoms with Crippen molar-refractivity contribution in [1.29, 1.82) is 0 Å². The van der Waals surface area contributed by atoms with Gasteiger partial charge in [-0.15, -0.1) is 0 Å². The van der Waals surface area contributed by atoms with Crippen LogP contribution in [0.2, 0.25) is 0 Å². The van der Waals surface area contributed by atoms with E-state index in [1.165, 1.54) is 0 Å². The van der Waals surface area contributed by atoms with Crippen molar-refractivity contribution in [2.75, 3.05) is 14.1 Å². The molecular formula is C34H28N8. The highest BCUT2D eigenvalue weighted by Crippen LogP contribution is 2.40. The van der Waals surface area contributed by atoms with Crippen LogP contribution >= 0.6 is 0 Å². The number of benzene rings is 4. The van der Waals surface area contributed by atoms with E-state index in [4.69, 9.17) is 20.0 Å². The SMILES string of the molecule is CN1/C2=N\C3N/C(=N\C4c5ccccc5/C(=N/C5N/C(=N\C1c1ccccc12)c1ccccc15)N4C)c1ccccc13. The van der Waals surface area contributed by atoms with Gasteiger partial charge in [0.15, 0.2) is 12.3 Å². The van der Waals surface area contributed by atoms with Crippen LogP contribution < -0.4 is 10.6 Å². The van der Waals surface area contributed by atoms with Gasteiger partial charge >= 0.3 is 0 Å². The summed E-state index contributed by atoms with van der Waals surface area (Å²) >= 11 is 0. The van der Waals surface area contributed by atoms with Gasteiger partial charge in [-0.2, -0.15) is 0 Å². The summed E-state index contributed by atoms with van der Waals surface area (Å²) in [5.74, 6) is 3.50. The van der Waals surface area contributed by atoms with Crippen LogP contribution in [0.25, 0.3) is 0 Å². The van der Waals surface area contributed by atoms with Gasteiger partial charge in [-0.05, 0) is 0 Å². The van der Waals surface area contributed by atoms with Crippen molar-refractivity contribution in [3.05, 3.63) is 142 Å². The second kappa shape index (κ2) is 8.63. The van der Waals surface area contributed by atoms with Crippen molar-refractivity contribution >= 4 is 23.3 Å². The van der Waals surface area contributed by atoms with Crippen LogP contribution in [0.1, 0.15) is 69.2 Å². The van der Waals surface area contributed by atoms with E-state index in [0.717, 1.165) is 67.9 Å². The lowest BCUT2D eigenvalue weighted by Crippen LogP contribution is -2.30. The summed E-state index contributed by atoms with van der Waals surface area (Å²) < 4.78 is 0. The Balaban J connectivity index is 1.31. The molecule has 0 saturated heterocycles. The molecular weight excluding hydrogens is 520 g/mol. The number of hydrogen-bond acceptors (Lipinski definition) is 8. The molecule has 204 valence electrons. The largest absolute Gasteiger partial charge is 0.344 e. The third-order valence-electron chi connectivity index (χ3n) is 8.94. The summed E-state index contributed by atoms with van der Waals surface area (Å²) in [6.07, 6.45) is -0.984. The Hall–Kier alpha value is -5.24. The van der Waals surface area contributed by atoms with Gasteiger partial charge in [0.25, 0.3) is 0 Å². The number of fused-ring (bicyclic) bond motifs is 20. The lowest BCUT2D eigenvalue weighted by atomic mass is 10.1. The fourth-order valence-electron chi connectivity index (χ4n) is 6.89. The van der Waals surface area contributed by atoms with Crippen LogP contribution in [0.15, 0.2) is 117 Å². The molecule has 4 aromatic rings. The standard InChI is InChI=1S/C34H28N8/c1-41-31-23-15-7-8-16-24(23)32(41)38-28-20-12-4-6-14-22(20)30(36-28)40-34-26-18-10-9-17-25(26)33(42(34)2)39-29-21-13-5-3-11-19(21)27(35-29)37-31/h3-18,27,30,32-33H,1-2H3,(H,36,38)(H,35,39)/b37-31-,40-34-. The highest BCUT2D eigenvalue weighted by molar-refractivity contribution is 6.09. The highest BCUT2D eigenvalue weighted by atomic mass is 15.4. The summed E-state index contributed by atoms with van der Waals surface area (Å²) in [6, 6.07) is 33.7.